The highest BCUT2D eigenvalue weighted by molar-refractivity contribution is 5.46. The van der Waals surface area contributed by atoms with Crippen LogP contribution in [0.3, 0.4) is 0 Å². The fourth-order valence-corrected chi connectivity index (χ4v) is 2.31. The fraction of sp³-hybridized carbons (Fsp3) is 0.389. The maximum absolute atomic E-state index is 4.16. The Labute approximate surface area is 122 Å². The first-order valence-corrected chi connectivity index (χ1v) is 7.55. The Morgan fingerprint density at radius 1 is 1.10 bits per heavy atom. The molecule has 2 heteroatoms. The molecule has 0 fully saturated rings. The monoisotopic (exact) mass is 268 g/mol. The third-order valence-corrected chi connectivity index (χ3v) is 3.59. The number of hydrogen-bond acceptors (Lipinski definition) is 2. The van der Waals surface area contributed by atoms with E-state index in [2.05, 4.69) is 54.5 Å². The van der Waals surface area contributed by atoms with Gasteiger partial charge in [-0.2, -0.15) is 0 Å². The second-order valence-corrected chi connectivity index (χ2v) is 5.31. The number of hydrogen-bond donors (Lipinski definition) is 1. The molecule has 2 nitrogen and oxygen atoms in total. The molecule has 1 N–H and O–H groups in total. The van der Waals surface area contributed by atoms with Gasteiger partial charge >= 0.3 is 0 Å². The SMILES string of the molecule is CCCCCc1ccc(NC(C)c2cccnc2)cc1. The Balaban J connectivity index is 1.90. The zero-order valence-corrected chi connectivity index (χ0v) is 12.5. The Morgan fingerprint density at radius 3 is 2.55 bits per heavy atom. The van der Waals surface area contributed by atoms with E-state index in [1.165, 1.54) is 42.5 Å². The van der Waals surface area contributed by atoms with Crippen molar-refractivity contribution in [2.24, 2.45) is 0 Å². The lowest BCUT2D eigenvalue weighted by molar-refractivity contribution is 0.717. The summed E-state index contributed by atoms with van der Waals surface area (Å²) in [5.74, 6) is 0. The molecule has 1 heterocycles. The number of nitrogens with zero attached hydrogens (tertiary/aromatic N) is 1. The number of nitrogens with one attached hydrogen (secondary N) is 1. The summed E-state index contributed by atoms with van der Waals surface area (Å²) in [5.41, 5.74) is 3.80. The van der Waals surface area contributed by atoms with E-state index >= 15 is 0 Å². The van der Waals surface area contributed by atoms with Gasteiger partial charge in [-0.3, -0.25) is 4.98 Å². The van der Waals surface area contributed by atoms with Crippen molar-refractivity contribution in [1.82, 2.24) is 4.98 Å². The van der Waals surface area contributed by atoms with Crippen molar-refractivity contribution in [1.29, 1.82) is 0 Å². The van der Waals surface area contributed by atoms with E-state index in [4.69, 9.17) is 0 Å². The summed E-state index contributed by atoms with van der Waals surface area (Å²) in [6.07, 6.45) is 8.79. The van der Waals surface area contributed by atoms with Gasteiger partial charge in [0.1, 0.15) is 0 Å². The minimum atomic E-state index is 0.273. The van der Waals surface area contributed by atoms with Gasteiger partial charge in [0, 0.05) is 18.1 Å². The Morgan fingerprint density at radius 2 is 1.90 bits per heavy atom. The van der Waals surface area contributed by atoms with Crippen molar-refractivity contribution in [3.8, 4) is 0 Å². The lowest BCUT2D eigenvalue weighted by Crippen LogP contribution is -2.06. The van der Waals surface area contributed by atoms with Crippen LogP contribution in [-0.2, 0) is 6.42 Å². The zero-order chi connectivity index (χ0) is 14.2. The fourth-order valence-electron chi connectivity index (χ4n) is 2.31. The molecule has 0 radical (unpaired) electrons. The average molecular weight is 268 g/mol. The quantitative estimate of drug-likeness (QED) is 0.716. The summed E-state index contributed by atoms with van der Waals surface area (Å²) in [4.78, 5) is 4.16. The summed E-state index contributed by atoms with van der Waals surface area (Å²) >= 11 is 0. The molecule has 0 aliphatic rings. The maximum Gasteiger partial charge on any atom is 0.0500 e. The molecule has 1 aromatic carbocycles. The van der Waals surface area contributed by atoms with Crippen molar-refractivity contribution in [3.05, 3.63) is 59.9 Å². The molecule has 2 aromatic rings. The largest absolute Gasteiger partial charge is 0.378 e. The van der Waals surface area contributed by atoms with E-state index in [0.717, 1.165) is 0 Å². The summed E-state index contributed by atoms with van der Waals surface area (Å²) in [6, 6.07) is 13.2. The normalized spacial score (nSPS) is 12.1. The van der Waals surface area contributed by atoms with Gasteiger partial charge in [0.25, 0.3) is 0 Å². The standard InChI is InChI=1S/C18H24N2/c1-3-4-5-7-16-9-11-18(12-10-16)20-15(2)17-8-6-13-19-14-17/h6,8-15,20H,3-5,7H2,1-2H3. The topological polar surface area (TPSA) is 24.9 Å². The summed E-state index contributed by atoms with van der Waals surface area (Å²) in [6.45, 7) is 4.40. The van der Waals surface area contributed by atoms with Gasteiger partial charge in [-0.15, -0.1) is 0 Å². The lowest BCUT2D eigenvalue weighted by atomic mass is 10.1. The number of anilines is 1. The predicted octanol–water partition coefficient (Wildman–Crippen LogP) is 4.99. The predicted molar refractivity (Wildman–Crippen MR) is 85.9 cm³/mol. The third kappa shape index (κ3) is 4.37. The van der Waals surface area contributed by atoms with E-state index in [1.807, 2.05) is 12.3 Å². The molecule has 0 spiro atoms. The van der Waals surface area contributed by atoms with Gasteiger partial charge in [-0.1, -0.05) is 38.0 Å². The molecule has 106 valence electrons. The smallest absolute Gasteiger partial charge is 0.0500 e. The zero-order valence-electron chi connectivity index (χ0n) is 12.5. The second-order valence-electron chi connectivity index (χ2n) is 5.31. The van der Waals surface area contributed by atoms with Crippen molar-refractivity contribution in [2.45, 2.75) is 45.6 Å². The van der Waals surface area contributed by atoms with Crippen LogP contribution in [0.1, 0.15) is 50.3 Å². The van der Waals surface area contributed by atoms with Crippen LogP contribution >= 0.6 is 0 Å². The van der Waals surface area contributed by atoms with Crippen molar-refractivity contribution < 1.29 is 0 Å². The molecule has 0 saturated carbocycles. The van der Waals surface area contributed by atoms with Crippen LogP contribution in [-0.4, -0.2) is 4.98 Å². The number of aryl methyl sites for hydroxylation is 1. The summed E-state index contributed by atoms with van der Waals surface area (Å²) < 4.78 is 0. The van der Waals surface area contributed by atoms with Crippen LogP contribution < -0.4 is 5.32 Å². The third-order valence-electron chi connectivity index (χ3n) is 3.59. The van der Waals surface area contributed by atoms with Crippen LogP contribution in [0.4, 0.5) is 5.69 Å². The van der Waals surface area contributed by atoms with Crippen LogP contribution in [0.15, 0.2) is 48.8 Å². The van der Waals surface area contributed by atoms with Gasteiger partial charge in [-0.25, -0.2) is 0 Å². The maximum atomic E-state index is 4.16. The van der Waals surface area contributed by atoms with Crippen molar-refractivity contribution >= 4 is 5.69 Å². The van der Waals surface area contributed by atoms with E-state index in [0.29, 0.717) is 0 Å². The molecular formula is C18H24N2. The number of aromatic nitrogens is 1. The average Bonchev–Trinajstić information content (AvgIpc) is 2.50. The summed E-state index contributed by atoms with van der Waals surface area (Å²) in [5, 5.41) is 3.51. The molecule has 0 bridgehead atoms. The molecule has 2 rings (SSSR count). The number of pyridine rings is 1. The molecule has 0 aliphatic carbocycles. The van der Waals surface area contributed by atoms with Crippen LogP contribution in [0.25, 0.3) is 0 Å². The van der Waals surface area contributed by atoms with Gasteiger partial charge < -0.3 is 5.32 Å². The first kappa shape index (κ1) is 14.6. The van der Waals surface area contributed by atoms with E-state index in [1.54, 1.807) is 6.20 Å². The van der Waals surface area contributed by atoms with Crippen molar-refractivity contribution in [3.63, 3.8) is 0 Å². The minimum absolute atomic E-state index is 0.273. The molecule has 1 atom stereocenters. The lowest BCUT2D eigenvalue weighted by Gasteiger charge is -2.15. The van der Waals surface area contributed by atoms with E-state index < -0.39 is 0 Å². The number of benzene rings is 1. The first-order chi connectivity index (χ1) is 9.79. The molecule has 0 aliphatic heterocycles. The van der Waals surface area contributed by atoms with E-state index in [-0.39, 0.29) is 6.04 Å². The van der Waals surface area contributed by atoms with Gasteiger partial charge in [0.05, 0.1) is 6.04 Å². The Kier molecular flexibility index (Phi) is 5.60. The van der Waals surface area contributed by atoms with Gasteiger partial charge in [0.15, 0.2) is 0 Å². The van der Waals surface area contributed by atoms with Crippen LogP contribution in [0, 0.1) is 0 Å². The highest BCUT2D eigenvalue weighted by atomic mass is 14.9. The van der Waals surface area contributed by atoms with Gasteiger partial charge in [-0.05, 0) is 49.1 Å². The minimum Gasteiger partial charge on any atom is -0.378 e. The van der Waals surface area contributed by atoms with Crippen LogP contribution in [0.2, 0.25) is 0 Å². The van der Waals surface area contributed by atoms with E-state index in [9.17, 15) is 0 Å². The molecular weight excluding hydrogens is 244 g/mol. The molecule has 20 heavy (non-hydrogen) atoms. The first-order valence-electron chi connectivity index (χ1n) is 7.55. The molecule has 0 amide bonds. The second kappa shape index (κ2) is 7.68. The van der Waals surface area contributed by atoms with Crippen LogP contribution in [0.5, 0.6) is 0 Å². The number of unbranched alkanes of at least 4 members (excludes halogenated alkanes) is 2. The van der Waals surface area contributed by atoms with Gasteiger partial charge in [0.2, 0.25) is 0 Å². The number of rotatable bonds is 7. The highest BCUT2D eigenvalue weighted by Crippen LogP contribution is 2.19. The van der Waals surface area contributed by atoms with Crippen molar-refractivity contribution in [2.75, 3.05) is 5.32 Å². The Hall–Kier alpha value is -1.83. The molecule has 1 unspecified atom stereocenters. The summed E-state index contributed by atoms with van der Waals surface area (Å²) in [7, 11) is 0. The molecule has 1 aromatic heterocycles. The Bertz CT molecular complexity index is 491. The highest BCUT2D eigenvalue weighted by Gasteiger charge is 2.04. The molecule has 0 saturated heterocycles.